The van der Waals surface area contributed by atoms with E-state index in [9.17, 15) is 0 Å². The van der Waals surface area contributed by atoms with E-state index in [1.54, 1.807) is 12.0 Å². The molecule has 1 saturated heterocycles. The van der Waals surface area contributed by atoms with Crippen LogP contribution in [0, 0.1) is 0 Å². The smallest absolute Gasteiger partial charge is 0.126 e. The third kappa shape index (κ3) is 4.31. The first-order valence-electron chi connectivity index (χ1n) is 8.40. The predicted molar refractivity (Wildman–Crippen MR) is 101 cm³/mol. The molecule has 0 amide bonds. The van der Waals surface area contributed by atoms with Crippen molar-refractivity contribution in [2.45, 2.75) is 0 Å². The Bertz CT molecular complexity index is 694. The Morgan fingerprint density at radius 3 is 2.67 bits per heavy atom. The highest BCUT2D eigenvalue weighted by Gasteiger charge is 2.19. The van der Waals surface area contributed by atoms with E-state index in [1.165, 1.54) is 5.69 Å². The lowest BCUT2D eigenvalue weighted by molar-refractivity contribution is -0.894. The lowest BCUT2D eigenvalue weighted by Crippen LogP contribution is -3.14. The van der Waals surface area contributed by atoms with Crippen molar-refractivity contribution in [2.75, 3.05) is 44.7 Å². The van der Waals surface area contributed by atoms with Crippen LogP contribution in [-0.4, -0.2) is 39.8 Å². The normalized spacial score (nSPS) is 15.8. The van der Waals surface area contributed by atoms with Gasteiger partial charge in [0.1, 0.15) is 5.75 Å². The molecular formula is C20H24ClN2O+. The van der Waals surface area contributed by atoms with Gasteiger partial charge >= 0.3 is 0 Å². The third-order valence-corrected chi connectivity index (χ3v) is 4.72. The Morgan fingerprint density at radius 1 is 1.12 bits per heavy atom. The van der Waals surface area contributed by atoms with Crippen LogP contribution < -0.4 is 14.5 Å². The van der Waals surface area contributed by atoms with Gasteiger partial charge in [-0.3, -0.25) is 0 Å². The average Bonchev–Trinajstić information content (AvgIpc) is 2.63. The molecule has 0 saturated carbocycles. The van der Waals surface area contributed by atoms with Crippen molar-refractivity contribution in [2.24, 2.45) is 0 Å². The van der Waals surface area contributed by atoms with Crippen molar-refractivity contribution >= 4 is 23.4 Å². The second-order valence-electron chi connectivity index (χ2n) is 6.07. The molecule has 126 valence electrons. The Labute approximate surface area is 149 Å². The zero-order valence-electron chi connectivity index (χ0n) is 14.0. The molecule has 0 radical (unpaired) electrons. The summed E-state index contributed by atoms with van der Waals surface area (Å²) in [5, 5.41) is 0.807. The molecule has 3 rings (SSSR count). The number of ether oxygens (including phenoxy) is 1. The van der Waals surface area contributed by atoms with Gasteiger partial charge < -0.3 is 14.5 Å². The minimum Gasteiger partial charge on any atom is -0.496 e. The van der Waals surface area contributed by atoms with Crippen molar-refractivity contribution < 1.29 is 9.64 Å². The summed E-state index contributed by atoms with van der Waals surface area (Å²) in [5.41, 5.74) is 2.36. The van der Waals surface area contributed by atoms with E-state index >= 15 is 0 Å². The largest absolute Gasteiger partial charge is 0.496 e. The molecule has 2 aromatic rings. The molecule has 2 aromatic carbocycles. The summed E-state index contributed by atoms with van der Waals surface area (Å²) in [6.07, 6.45) is 4.41. The number of methoxy groups -OCH3 is 1. The maximum absolute atomic E-state index is 6.09. The fourth-order valence-electron chi connectivity index (χ4n) is 3.11. The zero-order valence-corrected chi connectivity index (χ0v) is 14.8. The van der Waals surface area contributed by atoms with E-state index in [4.69, 9.17) is 16.3 Å². The molecule has 24 heavy (non-hydrogen) atoms. The zero-order chi connectivity index (χ0) is 16.8. The van der Waals surface area contributed by atoms with Crippen molar-refractivity contribution in [1.29, 1.82) is 0 Å². The van der Waals surface area contributed by atoms with Crippen molar-refractivity contribution in [3.05, 3.63) is 65.2 Å². The number of hydrogen-bond donors (Lipinski definition) is 1. The van der Waals surface area contributed by atoms with Crippen LogP contribution in [0.1, 0.15) is 5.56 Å². The van der Waals surface area contributed by atoms with Crippen LogP contribution in [0.3, 0.4) is 0 Å². The van der Waals surface area contributed by atoms with Crippen molar-refractivity contribution in [3.8, 4) is 5.75 Å². The Kier molecular flexibility index (Phi) is 5.78. The first kappa shape index (κ1) is 16.9. The number of nitrogens with zero attached hydrogens (tertiary/aromatic N) is 1. The molecule has 1 aliphatic rings. The highest BCUT2D eigenvalue weighted by Crippen LogP contribution is 2.19. The van der Waals surface area contributed by atoms with Gasteiger partial charge in [-0.05, 0) is 36.4 Å². The molecule has 0 aliphatic carbocycles. The predicted octanol–water partition coefficient (Wildman–Crippen LogP) is 2.77. The number of nitrogens with one attached hydrogen (secondary N) is 1. The molecule has 3 nitrogen and oxygen atoms in total. The van der Waals surface area contributed by atoms with Gasteiger partial charge in [-0.25, -0.2) is 0 Å². The van der Waals surface area contributed by atoms with Gasteiger partial charge in [0, 0.05) is 16.3 Å². The van der Waals surface area contributed by atoms with Crippen molar-refractivity contribution in [1.82, 2.24) is 0 Å². The highest BCUT2D eigenvalue weighted by molar-refractivity contribution is 6.30. The Morgan fingerprint density at radius 2 is 1.92 bits per heavy atom. The first-order chi connectivity index (χ1) is 11.8. The second kappa shape index (κ2) is 8.22. The number of benzene rings is 2. The van der Waals surface area contributed by atoms with E-state index in [0.717, 1.165) is 49.1 Å². The average molecular weight is 344 g/mol. The van der Waals surface area contributed by atoms with E-state index in [1.807, 2.05) is 36.4 Å². The molecule has 1 aliphatic heterocycles. The fourth-order valence-corrected chi connectivity index (χ4v) is 3.30. The molecule has 1 heterocycles. The van der Waals surface area contributed by atoms with Crippen LogP contribution in [0.4, 0.5) is 5.69 Å². The summed E-state index contributed by atoms with van der Waals surface area (Å²) in [6.45, 7) is 5.46. The van der Waals surface area contributed by atoms with Gasteiger partial charge in [0.15, 0.2) is 0 Å². The van der Waals surface area contributed by atoms with Crippen LogP contribution in [-0.2, 0) is 0 Å². The lowest BCUT2D eigenvalue weighted by Gasteiger charge is -2.33. The summed E-state index contributed by atoms with van der Waals surface area (Å²) in [4.78, 5) is 4.03. The van der Waals surface area contributed by atoms with Crippen LogP contribution >= 0.6 is 11.6 Å². The lowest BCUT2D eigenvalue weighted by atomic mass is 10.2. The summed E-state index contributed by atoms with van der Waals surface area (Å²) in [6, 6.07) is 16.3. The van der Waals surface area contributed by atoms with Gasteiger partial charge in [-0.1, -0.05) is 35.9 Å². The van der Waals surface area contributed by atoms with Crippen LogP contribution in [0.2, 0.25) is 5.02 Å². The molecule has 0 atom stereocenters. The molecular weight excluding hydrogens is 320 g/mol. The molecule has 0 bridgehead atoms. The number of piperazine rings is 1. The molecule has 1 N–H and O–H groups in total. The summed E-state index contributed by atoms with van der Waals surface area (Å²) in [5.74, 6) is 0.925. The van der Waals surface area contributed by atoms with Crippen molar-refractivity contribution in [3.63, 3.8) is 0 Å². The number of hydrogen-bond acceptors (Lipinski definition) is 2. The number of quaternary nitrogens is 1. The number of anilines is 1. The van der Waals surface area contributed by atoms with Gasteiger partial charge in [0.2, 0.25) is 0 Å². The molecule has 0 spiro atoms. The minimum absolute atomic E-state index is 0.807. The van der Waals surface area contributed by atoms with Crippen LogP contribution in [0.5, 0.6) is 5.75 Å². The number of rotatable bonds is 5. The van der Waals surface area contributed by atoms with E-state index < -0.39 is 0 Å². The SMILES string of the molecule is COc1ccccc1/C=C/C[NH+]1CCN(c2cccc(Cl)c2)CC1. The Hall–Kier alpha value is -1.97. The van der Waals surface area contributed by atoms with E-state index in [2.05, 4.69) is 29.2 Å². The van der Waals surface area contributed by atoms with Gasteiger partial charge in [0.25, 0.3) is 0 Å². The maximum atomic E-state index is 6.09. The van der Waals surface area contributed by atoms with Crippen LogP contribution in [0.25, 0.3) is 6.08 Å². The first-order valence-corrected chi connectivity index (χ1v) is 8.78. The standard InChI is InChI=1S/C20H23ClN2O/c1-24-20-10-3-2-6-17(20)7-5-11-22-12-14-23(15-13-22)19-9-4-8-18(21)16-19/h2-10,16H,11-15H2,1H3/p+1/b7-5+. The molecule has 0 unspecified atom stereocenters. The van der Waals surface area contributed by atoms with E-state index in [-0.39, 0.29) is 0 Å². The second-order valence-corrected chi connectivity index (χ2v) is 6.50. The summed E-state index contributed by atoms with van der Waals surface area (Å²) >= 11 is 6.09. The fraction of sp³-hybridized carbons (Fsp3) is 0.300. The molecule has 4 heteroatoms. The quantitative estimate of drug-likeness (QED) is 0.899. The Balaban J connectivity index is 1.51. The minimum atomic E-state index is 0.807. The summed E-state index contributed by atoms with van der Waals surface area (Å²) in [7, 11) is 1.72. The monoisotopic (exact) mass is 343 g/mol. The van der Waals surface area contributed by atoms with E-state index in [0.29, 0.717) is 0 Å². The molecule has 1 fully saturated rings. The third-order valence-electron chi connectivity index (χ3n) is 4.49. The number of para-hydroxylation sites is 1. The van der Waals surface area contributed by atoms with Gasteiger partial charge in [-0.2, -0.15) is 0 Å². The maximum Gasteiger partial charge on any atom is 0.126 e. The van der Waals surface area contributed by atoms with Gasteiger partial charge in [0.05, 0.1) is 39.8 Å². The number of halogens is 1. The van der Waals surface area contributed by atoms with Crippen LogP contribution in [0.15, 0.2) is 54.6 Å². The summed E-state index contributed by atoms with van der Waals surface area (Å²) < 4.78 is 5.39. The highest BCUT2D eigenvalue weighted by atomic mass is 35.5. The van der Waals surface area contributed by atoms with Gasteiger partial charge in [-0.15, -0.1) is 0 Å². The topological polar surface area (TPSA) is 16.9 Å². The molecule has 0 aromatic heterocycles.